The van der Waals surface area contributed by atoms with Gasteiger partial charge in [-0.25, -0.2) is 0 Å². The highest BCUT2D eigenvalue weighted by atomic mass is 35.5. The molecule has 1 atom stereocenters. The molecule has 0 aromatic heterocycles. The fourth-order valence-corrected chi connectivity index (χ4v) is 2.57. The molecule has 4 nitrogen and oxygen atoms in total. The van der Waals surface area contributed by atoms with Crippen molar-refractivity contribution in [3.63, 3.8) is 0 Å². The van der Waals surface area contributed by atoms with Crippen LogP contribution < -0.4 is 5.32 Å². The molecule has 0 aliphatic carbocycles. The standard InChI is InChI=1S/C15H20Cl2N2O2/c1-11(12-2-3-13(16)14(17)10-12)18-5-4-15(20)19-6-8-21-9-7-19/h2-3,10-11,18H,4-9H2,1H3. The van der Waals surface area contributed by atoms with Crippen molar-refractivity contribution in [2.75, 3.05) is 32.8 Å². The van der Waals surface area contributed by atoms with Crippen molar-refractivity contribution in [1.29, 1.82) is 0 Å². The Balaban J connectivity index is 1.76. The summed E-state index contributed by atoms with van der Waals surface area (Å²) in [5.74, 6) is 0.173. The third-order valence-corrected chi connectivity index (χ3v) is 4.34. The average Bonchev–Trinajstić information content (AvgIpc) is 2.50. The lowest BCUT2D eigenvalue weighted by atomic mass is 10.1. The second-order valence-corrected chi connectivity index (χ2v) is 5.91. The average molecular weight is 331 g/mol. The van der Waals surface area contributed by atoms with Gasteiger partial charge in [-0.2, -0.15) is 0 Å². The molecule has 1 fully saturated rings. The highest BCUT2D eigenvalue weighted by Crippen LogP contribution is 2.25. The van der Waals surface area contributed by atoms with Crippen LogP contribution in [0.2, 0.25) is 10.0 Å². The molecule has 0 bridgehead atoms. The number of carbonyl (C=O) groups excluding carboxylic acids is 1. The van der Waals surface area contributed by atoms with Crippen LogP contribution in [0, 0.1) is 0 Å². The molecule has 21 heavy (non-hydrogen) atoms. The van der Waals surface area contributed by atoms with Gasteiger partial charge in [0.15, 0.2) is 0 Å². The first-order chi connectivity index (χ1) is 10.1. The van der Waals surface area contributed by atoms with E-state index in [1.54, 1.807) is 6.07 Å². The van der Waals surface area contributed by atoms with Crippen LogP contribution in [0.5, 0.6) is 0 Å². The molecule has 1 aromatic rings. The number of ether oxygens (including phenoxy) is 1. The van der Waals surface area contributed by atoms with Gasteiger partial charge in [-0.1, -0.05) is 29.3 Å². The van der Waals surface area contributed by atoms with Crippen molar-refractivity contribution in [3.8, 4) is 0 Å². The molecule has 0 saturated carbocycles. The highest BCUT2D eigenvalue weighted by Gasteiger charge is 2.16. The van der Waals surface area contributed by atoms with Crippen molar-refractivity contribution >= 4 is 29.1 Å². The van der Waals surface area contributed by atoms with Crippen LogP contribution in [0.25, 0.3) is 0 Å². The summed E-state index contributed by atoms with van der Waals surface area (Å²) in [6.45, 7) is 5.34. The summed E-state index contributed by atoms with van der Waals surface area (Å²) in [6, 6.07) is 5.70. The zero-order valence-electron chi connectivity index (χ0n) is 12.1. The van der Waals surface area contributed by atoms with Gasteiger partial charge in [0.05, 0.1) is 23.3 Å². The number of hydrogen-bond acceptors (Lipinski definition) is 3. The minimum atomic E-state index is 0.122. The zero-order valence-corrected chi connectivity index (χ0v) is 13.6. The molecular weight excluding hydrogens is 311 g/mol. The molecule has 1 aliphatic heterocycles. The Morgan fingerprint density at radius 1 is 1.33 bits per heavy atom. The zero-order chi connectivity index (χ0) is 15.2. The lowest BCUT2D eigenvalue weighted by Gasteiger charge is -2.27. The normalized spacial score (nSPS) is 16.8. The second-order valence-electron chi connectivity index (χ2n) is 5.09. The highest BCUT2D eigenvalue weighted by molar-refractivity contribution is 6.42. The van der Waals surface area contributed by atoms with E-state index in [9.17, 15) is 4.79 Å². The van der Waals surface area contributed by atoms with Gasteiger partial charge in [-0.3, -0.25) is 4.79 Å². The number of nitrogens with zero attached hydrogens (tertiary/aromatic N) is 1. The van der Waals surface area contributed by atoms with Crippen LogP contribution in [-0.4, -0.2) is 43.7 Å². The molecule has 6 heteroatoms. The van der Waals surface area contributed by atoms with Crippen LogP contribution >= 0.6 is 23.2 Å². The van der Waals surface area contributed by atoms with Gasteiger partial charge < -0.3 is 15.0 Å². The van der Waals surface area contributed by atoms with E-state index in [0.29, 0.717) is 49.3 Å². The van der Waals surface area contributed by atoms with Crippen molar-refractivity contribution in [2.24, 2.45) is 0 Å². The number of rotatable bonds is 5. The summed E-state index contributed by atoms with van der Waals surface area (Å²) in [5, 5.41) is 4.43. The van der Waals surface area contributed by atoms with E-state index in [1.807, 2.05) is 24.0 Å². The van der Waals surface area contributed by atoms with Gasteiger partial charge in [0.1, 0.15) is 0 Å². The minimum absolute atomic E-state index is 0.122. The molecule has 1 unspecified atom stereocenters. The number of carbonyl (C=O) groups is 1. The molecule has 1 heterocycles. The van der Waals surface area contributed by atoms with Gasteiger partial charge >= 0.3 is 0 Å². The van der Waals surface area contributed by atoms with Crippen molar-refractivity contribution < 1.29 is 9.53 Å². The molecule has 0 radical (unpaired) electrons. The molecule has 1 N–H and O–H groups in total. The molecule has 1 amide bonds. The van der Waals surface area contributed by atoms with Gasteiger partial charge in [0.2, 0.25) is 5.91 Å². The van der Waals surface area contributed by atoms with Crippen LogP contribution in [0.15, 0.2) is 18.2 Å². The van der Waals surface area contributed by atoms with Gasteiger partial charge in [0.25, 0.3) is 0 Å². The fraction of sp³-hybridized carbons (Fsp3) is 0.533. The number of morpholine rings is 1. The molecule has 116 valence electrons. The van der Waals surface area contributed by atoms with Crippen LogP contribution in [-0.2, 0) is 9.53 Å². The minimum Gasteiger partial charge on any atom is -0.378 e. The lowest BCUT2D eigenvalue weighted by molar-refractivity contribution is -0.135. The van der Waals surface area contributed by atoms with E-state index in [2.05, 4.69) is 5.32 Å². The first kappa shape index (κ1) is 16.6. The van der Waals surface area contributed by atoms with Crippen molar-refractivity contribution in [3.05, 3.63) is 33.8 Å². The van der Waals surface area contributed by atoms with Crippen LogP contribution in [0.4, 0.5) is 0 Å². The number of hydrogen-bond donors (Lipinski definition) is 1. The fourth-order valence-electron chi connectivity index (χ4n) is 2.27. The van der Waals surface area contributed by atoms with Crippen LogP contribution in [0.1, 0.15) is 24.9 Å². The van der Waals surface area contributed by atoms with Gasteiger partial charge in [-0.05, 0) is 24.6 Å². The molecule has 0 spiro atoms. The Labute approximate surface area is 135 Å². The maximum absolute atomic E-state index is 12.0. The van der Waals surface area contributed by atoms with Crippen molar-refractivity contribution in [1.82, 2.24) is 10.2 Å². The van der Waals surface area contributed by atoms with E-state index in [4.69, 9.17) is 27.9 Å². The van der Waals surface area contributed by atoms with Crippen molar-refractivity contribution in [2.45, 2.75) is 19.4 Å². The van der Waals surface area contributed by atoms with E-state index >= 15 is 0 Å². The van der Waals surface area contributed by atoms with E-state index < -0.39 is 0 Å². The Morgan fingerprint density at radius 3 is 2.71 bits per heavy atom. The Hall–Kier alpha value is -0.810. The second kappa shape index (κ2) is 7.99. The third kappa shape index (κ3) is 4.85. The maximum atomic E-state index is 12.0. The number of nitrogens with one attached hydrogen (secondary N) is 1. The van der Waals surface area contributed by atoms with E-state index in [-0.39, 0.29) is 11.9 Å². The predicted molar refractivity (Wildman–Crippen MR) is 84.9 cm³/mol. The summed E-state index contributed by atoms with van der Waals surface area (Å²) < 4.78 is 5.24. The summed E-state index contributed by atoms with van der Waals surface area (Å²) >= 11 is 11.9. The Kier molecular flexibility index (Phi) is 6.30. The molecule has 1 aromatic carbocycles. The van der Waals surface area contributed by atoms with E-state index in [1.165, 1.54) is 0 Å². The third-order valence-electron chi connectivity index (χ3n) is 3.60. The molecular formula is C15H20Cl2N2O2. The Bertz CT molecular complexity index is 491. The van der Waals surface area contributed by atoms with Crippen LogP contribution in [0.3, 0.4) is 0 Å². The van der Waals surface area contributed by atoms with Gasteiger partial charge in [0, 0.05) is 32.1 Å². The maximum Gasteiger partial charge on any atom is 0.224 e. The molecule has 1 aliphatic rings. The molecule has 1 saturated heterocycles. The topological polar surface area (TPSA) is 41.6 Å². The monoisotopic (exact) mass is 330 g/mol. The first-order valence-electron chi connectivity index (χ1n) is 7.12. The summed E-state index contributed by atoms with van der Waals surface area (Å²) in [5.41, 5.74) is 1.06. The number of amides is 1. The first-order valence-corrected chi connectivity index (χ1v) is 7.87. The lowest BCUT2D eigenvalue weighted by Crippen LogP contribution is -2.41. The number of halogens is 2. The smallest absolute Gasteiger partial charge is 0.224 e. The number of benzene rings is 1. The summed E-state index contributed by atoms with van der Waals surface area (Å²) in [6.07, 6.45) is 0.492. The SMILES string of the molecule is CC(NCCC(=O)N1CCOCC1)c1ccc(Cl)c(Cl)c1. The van der Waals surface area contributed by atoms with Gasteiger partial charge in [-0.15, -0.1) is 0 Å². The predicted octanol–water partition coefficient (Wildman–Crippen LogP) is 2.89. The summed E-state index contributed by atoms with van der Waals surface area (Å²) in [7, 11) is 0. The largest absolute Gasteiger partial charge is 0.378 e. The quantitative estimate of drug-likeness (QED) is 0.902. The van der Waals surface area contributed by atoms with E-state index in [0.717, 1.165) is 5.56 Å². The Morgan fingerprint density at radius 2 is 2.05 bits per heavy atom. The molecule has 2 rings (SSSR count). The summed E-state index contributed by atoms with van der Waals surface area (Å²) in [4.78, 5) is 13.9.